The average molecular weight is 307 g/mol. The van der Waals surface area contributed by atoms with Crippen LogP contribution in [0.15, 0.2) is 24.3 Å². The Morgan fingerprint density at radius 2 is 2.00 bits per heavy atom. The Kier molecular flexibility index (Phi) is 5.96. The second-order valence-electron chi connectivity index (χ2n) is 5.75. The summed E-state index contributed by atoms with van der Waals surface area (Å²) in [4.78, 5) is 5.17. The molecular weight excluding hydrogens is 282 g/mol. The van der Waals surface area contributed by atoms with E-state index in [0.717, 1.165) is 37.0 Å². The van der Waals surface area contributed by atoms with Crippen molar-refractivity contribution in [1.29, 1.82) is 0 Å². The van der Waals surface area contributed by atoms with Crippen LogP contribution < -0.4 is 10.5 Å². The van der Waals surface area contributed by atoms with Crippen molar-refractivity contribution in [3.05, 3.63) is 29.8 Å². The normalized spacial score (nSPS) is 17.1. The molecule has 2 rings (SSSR count). The second kappa shape index (κ2) is 7.73. The largest absolute Gasteiger partial charge is 0.492 e. The summed E-state index contributed by atoms with van der Waals surface area (Å²) in [7, 11) is 4.33. The molecule has 0 amide bonds. The fourth-order valence-electron chi connectivity index (χ4n) is 2.74. The van der Waals surface area contributed by atoms with Crippen LogP contribution in [0.4, 0.5) is 0 Å². The zero-order valence-corrected chi connectivity index (χ0v) is 13.7. The molecular formula is C16H25N3OS. The van der Waals surface area contributed by atoms with Gasteiger partial charge in [-0.25, -0.2) is 0 Å². The molecule has 0 unspecified atom stereocenters. The van der Waals surface area contributed by atoms with Gasteiger partial charge in [0.25, 0.3) is 0 Å². The predicted octanol–water partition coefficient (Wildman–Crippen LogP) is 1.73. The number of benzene rings is 1. The van der Waals surface area contributed by atoms with Gasteiger partial charge >= 0.3 is 0 Å². The van der Waals surface area contributed by atoms with Crippen LogP contribution in [0.1, 0.15) is 18.4 Å². The van der Waals surface area contributed by atoms with E-state index in [1.54, 1.807) is 0 Å². The molecule has 0 atom stereocenters. The smallest absolute Gasteiger partial charge is 0.129 e. The Bertz CT molecular complexity index is 470. The van der Waals surface area contributed by atoms with Crippen LogP contribution in [0, 0.1) is 0 Å². The lowest BCUT2D eigenvalue weighted by Gasteiger charge is -2.35. The van der Waals surface area contributed by atoms with E-state index < -0.39 is 0 Å². The first-order valence-corrected chi connectivity index (χ1v) is 7.89. The molecule has 1 aliphatic heterocycles. The van der Waals surface area contributed by atoms with E-state index in [1.807, 2.05) is 24.3 Å². The molecule has 5 heteroatoms. The summed E-state index contributed by atoms with van der Waals surface area (Å²) in [6, 6.07) is 8.41. The van der Waals surface area contributed by atoms with E-state index in [0.29, 0.717) is 11.6 Å². The van der Waals surface area contributed by atoms with Crippen molar-refractivity contribution in [2.24, 2.45) is 5.73 Å². The highest BCUT2D eigenvalue weighted by Crippen LogP contribution is 2.18. The summed E-state index contributed by atoms with van der Waals surface area (Å²) >= 11 is 5.05. The summed E-state index contributed by atoms with van der Waals surface area (Å²) in [6.07, 6.45) is 2.47. The third kappa shape index (κ3) is 4.66. The Hall–Kier alpha value is -1.17. The lowest BCUT2D eigenvalue weighted by Crippen LogP contribution is -2.43. The minimum Gasteiger partial charge on any atom is -0.492 e. The summed E-state index contributed by atoms with van der Waals surface area (Å²) in [5, 5.41) is 0. The highest BCUT2D eigenvalue weighted by molar-refractivity contribution is 7.80. The number of nitrogens with zero attached hydrogens (tertiary/aromatic N) is 2. The molecule has 1 fully saturated rings. The second-order valence-corrected chi connectivity index (χ2v) is 6.19. The zero-order valence-electron chi connectivity index (χ0n) is 12.9. The van der Waals surface area contributed by atoms with E-state index in [1.165, 1.54) is 12.8 Å². The van der Waals surface area contributed by atoms with Crippen LogP contribution in [0.25, 0.3) is 0 Å². The zero-order chi connectivity index (χ0) is 15.2. The van der Waals surface area contributed by atoms with Gasteiger partial charge < -0.3 is 15.4 Å². The predicted molar refractivity (Wildman–Crippen MR) is 91.0 cm³/mol. The molecule has 2 N–H and O–H groups in total. The Labute approximate surface area is 132 Å². The van der Waals surface area contributed by atoms with Gasteiger partial charge in [0.1, 0.15) is 17.3 Å². The van der Waals surface area contributed by atoms with Gasteiger partial charge in [0, 0.05) is 12.6 Å². The standard InChI is InChI=1S/C16H25N3OS/c1-18(2)13-7-9-19(10-8-13)11-12-20-15-6-4-3-5-14(15)16(17)21/h3-6,13H,7-12H2,1-2H3,(H2,17,21). The first-order chi connectivity index (χ1) is 10.1. The summed E-state index contributed by atoms with van der Waals surface area (Å²) in [5.41, 5.74) is 6.53. The first-order valence-electron chi connectivity index (χ1n) is 7.48. The Morgan fingerprint density at radius 1 is 1.33 bits per heavy atom. The molecule has 0 aliphatic carbocycles. The molecule has 21 heavy (non-hydrogen) atoms. The molecule has 0 radical (unpaired) electrons. The van der Waals surface area contributed by atoms with E-state index >= 15 is 0 Å². The Morgan fingerprint density at radius 3 is 2.62 bits per heavy atom. The number of para-hydroxylation sites is 1. The maximum absolute atomic E-state index is 5.86. The molecule has 1 saturated heterocycles. The van der Waals surface area contributed by atoms with Crippen LogP contribution in [0.3, 0.4) is 0 Å². The van der Waals surface area contributed by atoms with Crippen LogP contribution in [-0.2, 0) is 0 Å². The van der Waals surface area contributed by atoms with Crippen LogP contribution in [0.5, 0.6) is 5.75 Å². The van der Waals surface area contributed by atoms with Gasteiger partial charge in [0.2, 0.25) is 0 Å². The van der Waals surface area contributed by atoms with E-state index in [9.17, 15) is 0 Å². The number of hydrogen-bond acceptors (Lipinski definition) is 4. The molecule has 1 aromatic carbocycles. The molecule has 1 heterocycles. The van der Waals surface area contributed by atoms with E-state index in [-0.39, 0.29) is 0 Å². The molecule has 4 nitrogen and oxygen atoms in total. The minimum absolute atomic E-state index is 0.386. The van der Waals surface area contributed by atoms with Gasteiger partial charge in [0.15, 0.2) is 0 Å². The van der Waals surface area contributed by atoms with E-state index in [4.69, 9.17) is 22.7 Å². The van der Waals surface area contributed by atoms with Crippen LogP contribution >= 0.6 is 12.2 Å². The van der Waals surface area contributed by atoms with Gasteiger partial charge in [-0.2, -0.15) is 0 Å². The van der Waals surface area contributed by atoms with Gasteiger partial charge in [-0.1, -0.05) is 24.4 Å². The van der Waals surface area contributed by atoms with Crippen molar-refractivity contribution in [2.45, 2.75) is 18.9 Å². The molecule has 0 saturated carbocycles. The monoisotopic (exact) mass is 307 g/mol. The van der Waals surface area contributed by atoms with Crippen molar-refractivity contribution in [1.82, 2.24) is 9.80 Å². The van der Waals surface area contributed by atoms with Crippen molar-refractivity contribution in [2.75, 3.05) is 40.3 Å². The SMILES string of the molecule is CN(C)C1CCN(CCOc2ccccc2C(N)=S)CC1. The number of piperidine rings is 1. The van der Waals surface area contributed by atoms with E-state index in [2.05, 4.69) is 23.9 Å². The van der Waals surface area contributed by atoms with Crippen molar-refractivity contribution >= 4 is 17.2 Å². The third-order valence-corrected chi connectivity index (χ3v) is 4.32. The molecule has 0 spiro atoms. The summed E-state index contributed by atoms with van der Waals surface area (Å²) in [5.74, 6) is 0.785. The van der Waals surface area contributed by atoms with Crippen molar-refractivity contribution in [3.8, 4) is 5.75 Å². The highest BCUT2D eigenvalue weighted by Gasteiger charge is 2.20. The molecule has 1 aliphatic rings. The number of nitrogens with two attached hydrogens (primary N) is 1. The van der Waals surface area contributed by atoms with Crippen LogP contribution in [0.2, 0.25) is 0 Å². The third-order valence-electron chi connectivity index (χ3n) is 4.10. The van der Waals surface area contributed by atoms with Crippen LogP contribution in [-0.4, -0.2) is 61.2 Å². The highest BCUT2D eigenvalue weighted by atomic mass is 32.1. The van der Waals surface area contributed by atoms with Crippen molar-refractivity contribution < 1.29 is 4.74 Å². The number of likely N-dealkylation sites (tertiary alicyclic amines) is 1. The molecule has 0 bridgehead atoms. The average Bonchev–Trinajstić information content (AvgIpc) is 2.48. The Balaban J connectivity index is 1.77. The molecule has 1 aromatic rings. The van der Waals surface area contributed by atoms with Gasteiger partial charge in [0.05, 0.1) is 5.56 Å². The number of thiocarbonyl (C=S) groups is 1. The molecule has 116 valence electrons. The number of ether oxygens (including phenoxy) is 1. The maximum atomic E-state index is 5.86. The van der Waals surface area contributed by atoms with Gasteiger partial charge in [-0.05, 0) is 52.2 Å². The fraction of sp³-hybridized carbons (Fsp3) is 0.562. The van der Waals surface area contributed by atoms with Crippen molar-refractivity contribution in [3.63, 3.8) is 0 Å². The first kappa shape index (κ1) is 16.2. The lowest BCUT2D eigenvalue weighted by atomic mass is 10.0. The quantitative estimate of drug-likeness (QED) is 0.811. The lowest BCUT2D eigenvalue weighted by molar-refractivity contribution is 0.128. The number of rotatable bonds is 6. The topological polar surface area (TPSA) is 41.7 Å². The molecule has 0 aromatic heterocycles. The minimum atomic E-state index is 0.386. The maximum Gasteiger partial charge on any atom is 0.129 e. The number of hydrogen-bond donors (Lipinski definition) is 1. The summed E-state index contributed by atoms with van der Waals surface area (Å²) in [6.45, 7) is 3.91. The fourth-order valence-corrected chi connectivity index (χ4v) is 2.91. The van der Waals surface area contributed by atoms with Gasteiger partial charge in [-0.3, -0.25) is 4.90 Å². The van der Waals surface area contributed by atoms with Gasteiger partial charge in [-0.15, -0.1) is 0 Å². The summed E-state index contributed by atoms with van der Waals surface area (Å²) < 4.78 is 5.86.